The topological polar surface area (TPSA) is 41.5 Å². The summed E-state index contributed by atoms with van der Waals surface area (Å²) in [6.07, 6.45) is -0.415. The van der Waals surface area contributed by atoms with Gasteiger partial charge in [0.15, 0.2) is 0 Å². The zero-order chi connectivity index (χ0) is 12.1. The zero-order valence-electron chi connectivity index (χ0n) is 10.4. The molecule has 0 bridgehead atoms. The fourth-order valence-corrected chi connectivity index (χ4v) is 1.59. The number of ether oxygens (including phenoxy) is 1. The van der Waals surface area contributed by atoms with Crippen LogP contribution in [0.1, 0.15) is 31.1 Å². The largest absolute Gasteiger partial charge is 0.491 e. The van der Waals surface area contributed by atoms with Crippen molar-refractivity contribution in [3.05, 3.63) is 29.3 Å². The van der Waals surface area contributed by atoms with Gasteiger partial charge in [0.05, 0.1) is 12.2 Å². The lowest BCUT2D eigenvalue weighted by Gasteiger charge is -2.18. The van der Waals surface area contributed by atoms with Gasteiger partial charge in [-0.25, -0.2) is 0 Å². The average molecular weight is 223 g/mol. The third-order valence-electron chi connectivity index (χ3n) is 2.28. The first-order chi connectivity index (χ1) is 7.54. The Morgan fingerprint density at radius 3 is 2.62 bits per heavy atom. The molecule has 0 aromatic heterocycles. The van der Waals surface area contributed by atoms with Crippen molar-refractivity contribution in [1.29, 1.82) is 0 Å². The van der Waals surface area contributed by atoms with Gasteiger partial charge in [-0.1, -0.05) is 11.6 Å². The quantitative estimate of drug-likeness (QED) is 0.802. The minimum absolute atomic E-state index is 0.114. The van der Waals surface area contributed by atoms with Crippen LogP contribution in [0, 0.1) is 6.92 Å². The second-order valence-electron chi connectivity index (χ2n) is 4.28. The zero-order valence-corrected chi connectivity index (χ0v) is 10.4. The van der Waals surface area contributed by atoms with Crippen molar-refractivity contribution in [2.24, 2.45) is 0 Å². The van der Waals surface area contributed by atoms with Gasteiger partial charge in [-0.3, -0.25) is 0 Å². The van der Waals surface area contributed by atoms with Crippen LogP contribution >= 0.6 is 0 Å². The van der Waals surface area contributed by atoms with Gasteiger partial charge in [0.2, 0.25) is 0 Å². The Hall–Kier alpha value is -1.06. The van der Waals surface area contributed by atoms with E-state index in [2.05, 4.69) is 5.32 Å². The highest BCUT2D eigenvalue weighted by molar-refractivity contribution is 5.38. The van der Waals surface area contributed by atoms with E-state index in [4.69, 9.17) is 4.74 Å². The third-order valence-corrected chi connectivity index (χ3v) is 2.28. The van der Waals surface area contributed by atoms with Gasteiger partial charge in [0, 0.05) is 12.1 Å². The van der Waals surface area contributed by atoms with Crippen molar-refractivity contribution in [3.63, 3.8) is 0 Å². The number of rotatable bonds is 5. The summed E-state index contributed by atoms with van der Waals surface area (Å²) in [7, 11) is 1.82. The molecule has 1 unspecified atom stereocenters. The summed E-state index contributed by atoms with van der Waals surface area (Å²) in [6, 6.07) is 5.89. The van der Waals surface area contributed by atoms with Crippen LogP contribution in [0.5, 0.6) is 5.75 Å². The summed E-state index contributed by atoms with van der Waals surface area (Å²) in [5, 5.41) is 13.0. The number of aliphatic hydroxyl groups excluding tert-OH is 1. The van der Waals surface area contributed by atoms with Crippen LogP contribution < -0.4 is 10.1 Å². The molecule has 0 spiro atoms. The maximum atomic E-state index is 10.00. The highest BCUT2D eigenvalue weighted by atomic mass is 16.5. The van der Waals surface area contributed by atoms with E-state index in [0.717, 1.165) is 16.9 Å². The molecule has 1 atom stereocenters. The van der Waals surface area contributed by atoms with Crippen LogP contribution in [-0.4, -0.2) is 24.8 Å². The predicted molar refractivity (Wildman–Crippen MR) is 65.8 cm³/mol. The predicted octanol–water partition coefficient (Wildman–Crippen LogP) is 2.04. The molecule has 2 N–H and O–H groups in total. The Morgan fingerprint density at radius 1 is 1.38 bits per heavy atom. The van der Waals surface area contributed by atoms with Gasteiger partial charge < -0.3 is 15.2 Å². The molecule has 0 saturated carbocycles. The summed E-state index contributed by atoms with van der Waals surface area (Å²) in [5.41, 5.74) is 1.98. The van der Waals surface area contributed by atoms with E-state index in [0.29, 0.717) is 6.54 Å². The molecular formula is C13H21NO2. The number of hydrogen-bond donors (Lipinski definition) is 2. The van der Waals surface area contributed by atoms with Crippen LogP contribution in [0.3, 0.4) is 0 Å². The van der Waals surface area contributed by atoms with Crippen molar-refractivity contribution in [2.45, 2.75) is 33.0 Å². The molecule has 16 heavy (non-hydrogen) atoms. The summed E-state index contributed by atoms with van der Waals surface area (Å²) in [4.78, 5) is 0. The lowest BCUT2D eigenvalue weighted by atomic mass is 10.1. The molecule has 0 aliphatic carbocycles. The number of aliphatic hydroxyl groups is 1. The molecule has 0 aliphatic rings. The second kappa shape index (κ2) is 5.87. The summed E-state index contributed by atoms with van der Waals surface area (Å²) in [5.74, 6) is 0.767. The van der Waals surface area contributed by atoms with Crippen LogP contribution in [0.15, 0.2) is 18.2 Å². The SMILES string of the molecule is CNCC(O)c1cc(C)ccc1OC(C)C. The molecule has 0 aliphatic heterocycles. The number of likely N-dealkylation sites (N-methyl/N-ethyl adjacent to an activating group) is 1. The van der Waals surface area contributed by atoms with Crippen molar-refractivity contribution < 1.29 is 9.84 Å². The van der Waals surface area contributed by atoms with Gasteiger partial charge in [-0.2, -0.15) is 0 Å². The molecule has 0 fully saturated rings. The molecule has 90 valence electrons. The number of hydrogen-bond acceptors (Lipinski definition) is 3. The van der Waals surface area contributed by atoms with E-state index in [-0.39, 0.29) is 6.10 Å². The van der Waals surface area contributed by atoms with E-state index >= 15 is 0 Å². The fraction of sp³-hybridized carbons (Fsp3) is 0.538. The first kappa shape index (κ1) is 13.0. The standard InChI is InChI=1S/C13H21NO2/c1-9(2)16-13-6-5-10(3)7-11(13)12(15)8-14-4/h5-7,9,12,14-15H,8H2,1-4H3. The third kappa shape index (κ3) is 3.51. The van der Waals surface area contributed by atoms with Crippen molar-refractivity contribution in [2.75, 3.05) is 13.6 Å². The van der Waals surface area contributed by atoms with Crippen molar-refractivity contribution >= 4 is 0 Å². The minimum atomic E-state index is -0.529. The minimum Gasteiger partial charge on any atom is -0.491 e. The normalized spacial score (nSPS) is 12.9. The van der Waals surface area contributed by atoms with E-state index in [1.807, 2.05) is 46.0 Å². The second-order valence-corrected chi connectivity index (χ2v) is 4.28. The Balaban J connectivity index is 2.97. The maximum Gasteiger partial charge on any atom is 0.125 e. The molecule has 0 amide bonds. The van der Waals surface area contributed by atoms with Gasteiger partial charge in [0.25, 0.3) is 0 Å². The van der Waals surface area contributed by atoms with Crippen LogP contribution in [-0.2, 0) is 0 Å². The maximum absolute atomic E-state index is 10.00. The molecule has 1 aromatic rings. The average Bonchev–Trinajstić information content (AvgIpc) is 2.20. The van der Waals surface area contributed by atoms with Crippen LogP contribution in [0.25, 0.3) is 0 Å². The molecule has 3 heteroatoms. The molecule has 3 nitrogen and oxygen atoms in total. The fourth-order valence-electron chi connectivity index (χ4n) is 1.59. The number of aryl methyl sites for hydroxylation is 1. The smallest absolute Gasteiger partial charge is 0.125 e. The van der Waals surface area contributed by atoms with Crippen molar-refractivity contribution in [3.8, 4) is 5.75 Å². The van der Waals surface area contributed by atoms with Gasteiger partial charge in [0.1, 0.15) is 5.75 Å². The molecule has 0 heterocycles. The Morgan fingerprint density at radius 2 is 2.06 bits per heavy atom. The first-order valence-corrected chi connectivity index (χ1v) is 5.64. The van der Waals surface area contributed by atoms with Crippen LogP contribution in [0.2, 0.25) is 0 Å². The van der Waals surface area contributed by atoms with Gasteiger partial charge in [-0.05, 0) is 40.0 Å². The summed E-state index contributed by atoms with van der Waals surface area (Å²) in [6.45, 7) is 6.49. The Kier molecular flexibility index (Phi) is 4.77. The van der Waals surface area contributed by atoms with E-state index in [9.17, 15) is 5.11 Å². The molecule has 0 radical (unpaired) electrons. The Bertz CT molecular complexity index is 337. The first-order valence-electron chi connectivity index (χ1n) is 5.64. The van der Waals surface area contributed by atoms with Gasteiger partial charge >= 0.3 is 0 Å². The Labute approximate surface area is 97.4 Å². The number of benzene rings is 1. The van der Waals surface area contributed by atoms with Gasteiger partial charge in [-0.15, -0.1) is 0 Å². The lowest BCUT2D eigenvalue weighted by molar-refractivity contribution is 0.165. The van der Waals surface area contributed by atoms with Crippen LogP contribution in [0.4, 0.5) is 0 Å². The summed E-state index contributed by atoms with van der Waals surface area (Å²) >= 11 is 0. The molecule has 1 aromatic carbocycles. The molecule has 0 saturated heterocycles. The van der Waals surface area contributed by atoms with E-state index in [1.165, 1.54) is 0 Å². The molecule has 1 rings (SSSR count). The van der Waals surface area contributed by atoms with E-state index in [1.54, 1.807) is 0 Å². The summed E-state index contributed by atoms with van der Waals surface area (Å²) < 4.78 is 5.68. The number of nitrogens with one attached hydrogen (secondary N) is 1. The highest BCUT2D eigenvalue weighted by Crippen LogP contribution is 2.27. The van der Waals surface area contributed by atoms with Crippen molar-refractivity contribution in [1.82, 2.24) is 5.32 Å². The van der Waals surface area contributed by atoms with E-state index < -0.39 is 6.10 Å². The lowest BCUT2D eigenvalue weighted by Crippen LogP contribution is -2.18. The molecular weight excluding hydrogens is 202 g/mol. The highest BCUT2D eigenvalue weighted by Gasteiger charge is 2.13. The monoisotopic (exact) mass is 223 g/mol.